The van der Waals surface area contributed by atoms with Gasteiger partial charge in [-0.15, -0.1) is 11.3 Å². The largest absolute Gasteiger partial charge is 0.411 e. The number of aliphatic hydroxyl groups is 1. The lowest BCUT2D eigenvalue weighted by Crippen LogP contribution is -2.48. The van der Waals surface area contributed by atoms with Gasteiger partial charge in [0.2, 0.25) is 5.78 Å². The Kier molecular flexibility index (Phi) is 8.74. The highest BCUT2D eigenvalue weighted by molar-refractivity contribution is 7.14. The second-order valence-corrected chi connectivity index (χ2v) is 17.8. The topological polar surface area (TPSA) is 84.3 Å². The van der Waals surface area contributed by atoms with Crippen LogP contribution in [0.25, 0.3) is 0 Å². The maximum Gasteiger partial charge on any atom is 0.208 e. The molecule has 1 saturated carbocycles. The van der Waals surface area contributed by atoms with Gasteiger partial charge >= 0.3 is 0 Å². The number of hydrogen-bond acceptors (Lipinski definition) is 7. The lowest BCUT2D eigenvalue weighted by atomic mass is 10.1. The number of halogens is 2. The van der Waals surface area contributed by atoms with Gasteiger partial charge in [-0.1, -0.05) is 44.5 Å². The maximum absolute atomic E-state index is 15.8. The Morgan fingerprint density at radius 3 is 2.74 bits per heavy atom. The van der Waals surface area contributed by atoms with Crippen LogP contribution in [-0.2, 0) is 10.8 Å². The highest BCUT2D eigenvalue weighted by atomic mass is 35.5. The van der Waals surface area contributed by atoms with E-state index in [-0.39, 0.29) is 34.7 Å². The lowest BCUT2D eigenvalue weighted by molar-refractivity contribution is 0.0530. The minimum atomic E-state index is -2.26. The summed E-state index contributed by atoms with van der Waals surface area (Å²) in [6, 6.07) is 10.7. The summed E-state index contributed by atoms with van der Waals surface area (Å²) >= 11 is 7.51. The molecule has 10 heteroatoms. The van der Waals surface area contributed by atoms with E-state index in [1.807, 2.05) is 30.3 Å². The number of rotatable bonds is 9. The number of carbonyl (C=O) groups is 1. The van der Waals surface area contributed by atoms with Crippen molar-refractivity contribution < 1.29 is 18.7 Å². The van der Waals surface area contributed by atoms with Crippen LogP contribution in [0.1, 0.15) is 52.9 Å². The van der Waals surface area contributed by atoms with Gasteiger partial charge in [-0.05, 0) is 54.4 Å². The average molecular weight is 576 g/mol. The van der Waals surface area contributed by atoms with E-state index in [2.05, 4.69) is 49.1 Å². The van der Waals surface area contributed by atoms with Gasteiger partial charge in [-0.3, -0.25) is 4.79 Å². The quantitative estimate of drug-likeness (QED) is 0.223. The van der Waals surface area contributed by atoms with Gasteiger partial charge in [-0.2, -0.15) is 0 Å². The number of anilines is 1. The molecule has 0 bridgehead atoms. The summed E-state index contributed by atoms with van der Waals surface area (Å²) in [6.07, 6.45) is 1.77. The molecule has 1 aromatic carbocycles. The molecule has 4 rings (SSSR count). The van der Waals surface area contributed by atoms with E-state index in [9.17, 15) is 9.90 Å². The number of thiophene rings is 1. The minimum absolute atomic E-state index is 0.0865. The monoisotopic (exact) mass is 575 g/mol. The molecular weight excluding hydrogens is 541 g/mol. The molecule has 0 unspecified atom stereocenters. The third-order valence-corrected chi connectivity index (χ3v) is 13.4. The summed E-state index contributed by atoms with van der Waals surface area (Å²) in [7, 11) is -2.26. The van der Waals surface area contributed by atoms with E-state index in [0.717, 1.165) is 10.4 Å². The fourth-order valence-electron chi connectivity index (χ4n) is 4.44. The van der Waals surface area contributed by atoms with E-state index in [0.29, 0.717) is 22.7 Å². The van der Waals surface area contributed by atoms with Crippen LogP contribution in [0.4, 0.5) is 10.2 Å². The molecule has 1 fully saturated rings. The summed E-state index contributed by atoms with van der Waals surface area (Å²) in [5, 5.41) is 13.7. The molecule has 2 heterocycles. The number of benzene rings is 1. The van der Waals surface area contributed by atoms with Crippen molar-refractivity contribution in [1.82, 2.24) is 9.97 Å². The maximum atomic E-state index is 15.8. The molecular formula is C28H35ClFN3O3SSi. The Hall–Kier alpha value is -2.17. The second kappa shape index (κ2) is 11.5. The van der Waals surface area contributed by atoms with Gasteiger partial charge in [-0.25, -0.2) is 14.4 Å². The molecule has 6 nitrogen and oxygen atoms in total. The minimum Gasteiger partial charge on any atom is -0.411 e. The Labute approximate surface area is 233 Å². The zero-order valence-corrected chi connectivity index (χ0v) is 24.9. The second-order valence-electron chi connectivity index (χ2n) is 11.4. The van der Waals surface area contributed by atoms with E-state index in [4.69, 9.17) is 16.0 Å². The number of aromatic nitrogens is 2. The highest BCUT2D eigenvalue weighted by Crippen LogP contribution is 2.42. The van der Waals surface area contributed by atoms with Crippen molar-refractivity contribution in [2.45, 2.75) is 70.1 Å². The van der Waals surface area contributed by atoms with Crippen LogP contribution in [0.15, 0.2) is 48.9 Å². The molecule has 2 N–H and O–H groups in total. The standard InChI is InChI=1S/C28H35ClFN3O3SSi/c1-28(2,3)38(4,5)36-26-18(15-34)13-22(24(26)30)33-27-21(14-31-16-32-27)25(35)23-10-9-20(37-23)12-17-7-6-8-19(29)11-17/h6-11,14,16,18,22,24,26,34H,12-13,15H2,1-5H3,(H,31,32,33)/t18-,22-,24-,26-/m1/s1. The van der Waals surface area contributed by atoms with E-state index in [1.165, 1.54) is 23.9 Å². The van der Waals surface area contributed by atoms with Gasteiger partial charge < -0.3 is 14.8 Å². The predicted octanol–water partition coefficient (Wildman–Crippen LogP) is 6.53. The number of nitrogens with zero attached hydrogens (tertiary/aromatic N) is 2. The van der Waals surface area contributed by atoms with Crippen molar-refractivity contribution in [1.29, 1.82) is 0 Å². The van der Waals surface area contributed by atoms with Crippen molar-refractivity contribution in [3.05, 3.63) is 74.8 Å². The molecule has 2 aromatic heterocycles. The first-order valence-electron chi connectivity index (χ1n) is 12.8. The normalized spacial score (nSPS) is 22.0. The zero-order chi connectivity index (χ0) is 27.7. The van der Waals surface area contributed by atoms with Gasteiger partial charge in [0.25, 0.3) is 0 Å². The molecule has 4 atom stereocenters. The zero-order valence-electron chi connectivity index (χ0n) is 22.4. The van der Waals surface area contributed by atoms with Crippen molar-refractivity contribution in [2.75, 3.05) is 11.9 Å². The Bertz CT molecular complexity index is 1280. The molecule has 0 amide bonds. The van der Waals surface area contributed by atoms with Gasteiger partial charge in [0.05, 0.1) is 22.6 Å². The van der Waals surface area contributed by atoms with Gasteiger partial charge in [0.15, 0.2) is 8.32 Å². The van der Waals surface area contributed by atoms with Gasteiger partial charge in [0, 0.05) is 35.0 Å². The summed E-state index contributed by atoms with van der Waals surface area (Å²) in [6.45, 7) is 10.3. The lowest BCUT2D eigenvalue weighted by Gasteiger charge is -2.40. The molecule has 204 valence electrons. The first-order valence-corrected chi connectivity index (χ1v) is 16.9. The molecule has 0 spiro atoms. The van der Waals surface area contributed by atoms with E-state index >= 15 is 4.39 Å². The first-order chi connectivity index (χ1) is 17.9. The van der Waals surface area contributed by atoms with Crippen molar-refractivity contribution in [3.63, 3.8) is 0 Å². The smallest absolute Gasteiger partial charge is 0.208 e. The van der Waals surface area contributed by atoms with Crippen LogP contribution >= 0.6 is 22.9 Å². The van der Waals surface area contributed by atoms with Crippen LogP contribution in [-0.4, -0.2) is 54.1 Å². The van der Waals surface area contributed by atoms with Crippen LogP contribution in [0.5, 0.6) is 0 Å². The van der Waals surface area contributed by atoms with Crippen molar-refractivity contribution in [2.24, 2.45) is 5.92 Å². The fraction of sp³-hybridized carbons (Fsp3) is 0.464. The number of alkyl halides is 1. The summed E-state index contributed by atoms with van der Waals surface area (Å²) in [5.41, 5.74) is 1.34. The Morgan fingerprint density at radius 2 is 2.05 bits per heavy atom. The van der Waals surface area contributed by atoms with Crippen molar-refractivity contribution in [3.8, 4) is 0 Å². The molecule has 38 heavy (non-hydrogen) atoms. The van der Waals surface area contributed by atoms with Crippen LogP contribution < -0.4 is 5.32 Å². The molecule has 0 aliphatic heterocycles. The van der Waals surface area contributed by atoms with E-state index in [1.54, 1.807) is 6.07 Å². The highest BCUT2D eigenvalue weighted by Gasteiger charge is 2.49. The van der Waals surface area contributed by atoms with Crippen molar-refractivity contribution >= 4 is 42.9 Å². The number of ketones is 1. The fourth-order valence-corrected chi connectivity index (χ4v) is 7.00. The van der Waals surface area contributed by atoms with Crippen LogP contribution in [0.2, 0.25) is 23.2 Å². The molecule has 1 aliphatic carbocycles. The molecule has 0 radical (unpaired) electrons. The number of carbonyl (C=O) groups excluding carboxylic acids is 1. The SMILES string of the molecule is CC(C)(C)[Si](C)(C)O[C@@H]1[C@@H](CO)C[C@@H](Nc2ncncc2C(=O)c2ccc(Cc3cccc(Cl)c3)s2)[C@H]1F. The Morgan fingerprint density at radius 1 is 1.29 bits per heavy atom. The van der Waals surface area contributed by atoms with Crippen LogP contribution in [0, 0.1) is 5.92 Å². The molecule has 3 aromatic rings. The summed E-state index contributed by atoms with van der Waals surface area (Å²) in [5.74, 6) is -0.285. The third-order valence-electron chi connectivity index (χ3n) is 7.62. The van der Waals surface area contributed by atoms with Crippen LogP contribution in [0.3, 0.4) is 0 Å². The molecule has 1 aliphatic rings. The van der Waals surface area contributed by atoms with E-state index < -0.39 is 26.6 Å². The Balaban J connectivity index is 1.51. The first kappa shape index (κ1) is 28.8. The summed E-state index contributed by atoms with van der Waals surface area (Å²) in [4.78, 5) is 23.4. The molecule has 0 saturated heterocycles. The number of aliphatic hydroxyl groups excluding tert-OH is 1. The number of nitrogens with one attached hydrogen (secondary N) is 1. The average Bonchev–Trinajstić information content (AvgIpc) is 3.43. The third kappa shape index (κ3) is 6.34. The van der Waals surface area contributed by atoms with Gasteiger partial charge in [0.1, 0.15) is 18.3 Å². The summed E-state index contributed by atoms with van der Waals surface area (Å²) < 4.78 is 22.2. The number of hydrogen-bond donors (Lipinski definition) is 2. The predicted molar refractivity (Wildman–Crippen MR) is 154 cm³/mol.